The first-order valence-corrected chi connectivity index (χ1v) is 8.45. The maximum atomic E-state index is 12.9. The Labute approximate surface area is 155 Å². The fourth-order valence-electron chi connectivity index (χ4n) is 2.14. The van der Waals surface area contributed by atoms with Crippen LogP contribution < -0.4 is 0 Å². The number of carbonyl (C=O) groups excluding carboxylic acids is 1. The molecule has 2 aromatic rings. The minimum Gasteiger partial charge on any atom is -0.457 e. The standard InChI is InChI=1S/C16H9ClF3NO2S2/c1-21-14(22)13(25-15(21)24)7-9-3-5-12(23-9)10-6-8(16(18,19)20)2-4-11(10)17/h2-7H,1H3. The number of thiocarbonyl (C=S) groups is 1. The fourth-order valence-corrected chi connectivity index (χ4v) is 3.51. The molecule has 1 aliphatic rings. The van der Waals surface area contributed by atoms with Crippen LogP contribution in [0.3, 0.4) is 0 Å². The maximum Gasteiger partial charge on any atom is 0.416 e. The van der Waals surface area contributed by atoms with E-state index in [1.54, 1.807) is 13.1 Å². The lowest BCUT2D eigenvalue weighted by atomic mass is 10.1. The van der Waals surface area contributed by atoms with Crippen LogP contribution in [0.25, 0.3) is 17.4 Å². The highest BCUT2D eigenvalue weighted by atomic mass is 35.5. The normalized spacial score (nSPS) is 17.0. The maximum absolute atomic E-state index is 12.9. The van der Waals surface area contributed by atoms with E-state index in [0.29, 0.717) is 15.0 Å². The summed E-state index contributed by atoms with van der Waals surface area (Å²) in [5.74, 6) is 0.233. The number of halogens is 4. The summed E-state index contributed by atoms with van der Waals surface area (Å²) in [4.78, 5) is 13.7. The molecule has 1 aromatic carbocycles. The van der Waals surface area contributed by atoms with Crippen LogP contribution in [0, 0.1) is 0 Å². The summed E-state index contributed by atoms with van der Waals surface area (Å²) in [5.41, 5.74) is -0.698. The molecule has 130 valence electrons. The van der Waals surface area contributed by atoms with Gasteiger partial charge in [-0.3, -0.25) is 9.69 Å². The molecule has 9 heteroatoms. The summed E-state index contributed by atoms with van der Waals surface area (Å²) >= 11 is 12.2. The molecule has 1 fully saturated rings. The predicted molar refractivity (Wildman–Crippen MR) is 95.1 cm³/mol. The van der Waals surface area contributed by atoms with E-state index in [1.807, 2.05) is 0 Å². The van der Waals surface area contributed by atoms with Crippen LogP contribution in [0.15, 0.2) is 39.7 Å². The number of furan rings is 1. The van der Waals surface area contributed by atoms with Crippen LogP contribution in [-0.4, -0.2) is 22.2 Å². The topological polar surface area (TPSA) is 33.5 Å². The van der Waals surface area contributed by atoms with Crippen molar-refractivity contribution >= 4 is 51.9 Å². The number of rotatable bonds is 2. The van der Waals surface area contributed by atoms with Gasteiger partial charge in [0.2, 0.25) is 0 Å². The molecule has 0 bridgehead atoms. The summed E-state index contributed by atoms with van der Waals surface area (Å²) in [6.45, 7) is 0. The fraction of sp³-hybridized carbons (Fsp3) is 0.125. The lowest BCUT2D eigenvalue weighted by Gasteiger charge is -2.09. The van der Waals surface area contributed by atoms with Crippen molar-refractivity contribution in [3.05, 3.63) is 51.6 Å². The largest absolute Gasteiger partial charge is 0.457 e. The number of hydrogen-bond donors (Lipinski definition) is 0. The SMILES string of the molecule is CN1C(=O)C(=Cc2ccc(-c3cc(C(F)(F)F)ccc3Cl)o2)SC1=S. The van der Waals surface area contributed by atoms with E-state index < -0.39 is 11.7 Å². The van der Waals surface area contributed by atoms with E-state index in [2.05, 4.69) is 0 Å². The van der Waals surface area contributed by atoms with E-state index in [0.717, 1.165) is 23.9 Å². The van der Waals surface area contributed by atoms with Crippen molar-refractivity contribution < 1.29 is 22.4 Å². The van der Waals surface area contributed by atoms with E-state index >= 15 is 0 Å². The molecule has 25 heavy (non-hydrogen) atoms. The average Bonchev–Trinajstić information content (AvgIpc) is 3.08. The number of alkyl halides is 3. The second-order valence-corrected chi connectivity index (χ2v) is 7.22. The van der Waals surface area contributed by atoms with Crippen molar-refractivity contribution in [2.75, 3.05) is 7.05 Å². The summed E-state index contributed by atoms with van der Waals surface area (Å²) in [6, 6.07) is 6.05. The second kappa shape index (κ2) is 6.51. The third kappa shape index (κ3) is 3.61. The molecule has 0 unspecified atom stereocenters. The number of amides is 1. The molecular formula is C16H9ClF3NO2S2. The predicted octanol–water partition coefficient (Wildman–Crippen LogP) is 5.45. The van der Waals surface area contributed by atoms with E-state index in [-0.39, 0.29) is 22.3 Å². The summed E-state index contributed by atoms with van der Waals surface area (Å²) in [6.07, 6.45) is -2.99. The zero-order valence-electron chi connectivity index (χ0n) is 12.6. The Morgan fingerprint density at radius 1 is 1.28 bits per heavy atom. The molecule has 1 aromatic heterocycles. The molecule has 0 N–H and O–H groups in total. The van der Waals surface area contributed by atoms with Gasteiger partial charge in [0.15, 0.2) is 0 Å². The molecular weight excluding hydrogens is 395 g/mol. The van der Waals surface area contributed by atoms with Crippen molar-refractivity contribution in [2.45, 2.75) is 6.18 Å². The first kappa shape index (κ1) is 18.0. The van der Waals surface area contributed by atoms with Crippen LogP contribution in [0.1, 0.15) is 11.3 Å². The molecule has 0 saturated carbocycles. The number of hydrogen-bond acceptors (Lipinski definition) is 4. The lowest BCUT2D eigenvalue weighted by molar-refractivity contribution is -0.137. The highest BCUT2D eigenvalue weighted by Gasteiger charge is 2.31. The Morgan fingerprint density at radius 2 is 2.00 bits per heavy atom. The van der Waals surface area contributed by atoms with Gasteiger partial charge < -0.3 is 4.42 Å². The molecule has 1 saturated heterocycles. The minimum atomic E-state index is -4.48. The Balaban J connectivity index is 1.95. The van der Waals surface area contributed by atoms with Crippen LogP contribution in [0.2, 0.25) is 5.02 Å². The van der Waals surface area contributed by atoms with Crippen molar-refractivity contribution in [3.8, 4) is 11.3 Å². The zero-order valence-corrected chi connectivity index (χ0v) is 14.9. The lowest BCUT2D eigenvalue weighted by Crippen LogP contribution is -2.22. The number of benzene rings is 1. The van der Waals surface area contributed by atoms with Gasteiger partial charge in [-0.05, 0) is 30.3 Å². The Hall–Kier alpha value is -1.77. The molecule has 3 nitrogen and oxygen atoms in total. The molecule has 0 aliphatic carbocycles. The highest BCUT2D eigenvalue weighted by molar-refractivity contribution is 8.26. The van der Waals surface area contributed by atoms with Gasteiger partial charge in [0, 0.05) is 18.7 Å². The number of carbonyl (C=O) groups is 1. The monoisotopic (exact) mass is 403 g/mol. The molecule has 3 rings (SSSR count). The Morgan fingerprint density at radius 3 is 2.60 bits per heavy atom. The number of likely N-dealkylation sites (N-methyl/N-ethyl adjacent to an activating group) is 1. The van der Waals surface area contributed by atoms with Crippen molar-refractivity contribution in [1.82, 2.24) is 4.90 Å². The molecule has 1 aliphatic heterocycles. The van der Waals surface area contributed by atoms with Gasteiger partial charge in [0.05, 0.1) is 15.5 Å². The highest BCUT2D eigenvalue weighted by Crippen LogP contribution is 2.37. The number of nitrogens with zero attached hydrogens (tertiary/aromatic N) is 1. The van der Waals surface area contributed by atoms with Gasteiger partial charge in [-0.2, -0.15) is 13.2 Å². The Bertz CT molecular complexity index is 905. The van der Waals surface area contributed by atoms with Crippen molar-refractivity contribution in [3.63, 3.8) is 0 Å². The van der Waals surface area contributed by atoms with Crippen molar-refractivity contribution in [1.29, 1.82) is 0 Å². The molecule has 0 radical (unpaired) electrons. The van der Waals surface area contributed by atoms with Gasteiger partial charge in [-0.1, -0.05) is 35.6 Å². The van der Waals surface area contributed by atoms with Crippen LogP contribution in [0.4, 0.5) is 13.2 Å². The van der Waals surface area contributed by atoms with Gasteiger partial charge in [-0.25, -0.2) is 0 Å². The van der Waals surface area contributed by atoms with Gasteiger partial charge in [0.1, 0.15) is 15.8 Å². The molecule has 1 amide bonds. The van der Waals surface area contributed by atoms with Crippen LogP contribution >= 0.6 is 35.6 Å². The van der Waals surface area contributed by atoms with E-state index in [1.165, 1.54) is 23.1 Å². The zero-order chi connectivity index (χ0) is 18.4. The average molecular weight is 404 g/mol. The summed E-state index contributed by atoms with van der Waals surface area (Å²) in [5, 5.41) is 0.133. The van der Waals surface area contributed by atoms with Crippen LogP contribution in [0.5, 0.6) is 0 Å². The smallest absolute Gasteiger partial charge is 0.416 e. The Kier molecular flexibility index (Phi) is 4.70. The second-order valence-electron chi connectivity index (χ2n) is 5.14. The van der Waals surface area contributed by atoms with Crippen LogP contribution in [-0.2, 0) is 11.0 Å². The molecule has 0 atom stereocenters. The quantitative estimate of drug-likeness (QED) is 0.493. The van der Waals surface area contributed by atoms with E-state index in [9.17, 15) is 18.0 Å². The van der Waals surface area contributed by atoms with Gasteiger partial charge in [0.25, 0.3) is 5.91 Å². The molecule has 2 heterocycles. The summed E-state index contributed by atoms with van der Waals surface area (Å²) in [7, 11) is 1.56. The first-order valence-electron chi connectivity index (χ1n) is 6.85. The summed E-state index contributed by atoms with van der Waals surface area (Å²) < 4.78 is 44.6. The van der Waals surface area contributed by atoms with Gasteiger partial charge >= 0.3 is 6.18 Å². The third-order valence-electron chi connectivity index (χ3n) is 3.45. The van der Waals surface area contributed by atoms with E-state index in [4.69, 9.17) is 28.2 Å². The molecule has 0 spiro atoms. The third-order valence-corrected chi connectivity index (χ3v) is 5.26. The minimum absolute atomic E-state index is 0.124. The number of thioether (sulfide) groups is 1. The first-order chi connectivity index (χ1) is 11.7. The van der Waals surface area contributed by atoms with Crippen molar-refractivity contribution in [2.24, 2.45) is 0 Å². The van der Waals surface area contributed by atoms with Gasteiger partial charge in [-0.15, -0.1) is 0 Å².